The Hall–Kier alpha value is -2.54. The summed E-state index contributed by atoms with van der Waals surface area (Å²) in [7, 11) is 0. The Labute approximate surface area is 176 Å². The summed E-state index contributed by atoms with van der Waals surface area (Å²) in [4.78, 5) is 28.0. The van der Waals surface area contributed by atoms with Gasteiger partial charge in [-0.15, -0.1) is 11.3 Å². The van der Waals surface area contributed by atoms with Crippen molar-refractivity contribution in [2.75, 3.05) is 18.8 Å². The molecule has 1 fully saturated rings. The monoisotopic (exact) mass is 415 g/mol. The summed E-state index contributed by atoms with van der Waals surface area (Å²) in [5.74, 6) is -0.197. The first-order valence-corrected chi connectivity index (χ1v) is 10.8. The van der Waals surface area contributed by atoms with Crippen molar-refractivity contribution in [1.82, 2.24) is 10.2 Å². The van der Waals surface area contributed by atoms with E-state index >= 15 is 0 Å². The third-order valence-electron chi connectivity index (χ3n) is 4.72. The van der Waals surface area contributed by atoms with Gasteiger partial charge in [0.25, 0.3) is 5.91 Å². The number of thiophene rings is 1. The molecule has 0 spiro atoms. The number of hydrogen-bond acceptors (Lipinski definition) is 5. The number of likely N-dealkylation sites (tertiary alicyclic amines) is 1. The number of nitrogens with two attached hydrogens (primary N) is 1. The summed E-state index contributed by atoms with van der Waals surface area (Å²) in [5.41, 5.74) is 7.12. The van der Waals surface area contributed by atoms with Crippen LogP contribution in [0.3, 0.4) is 0 Å². The maximum atomic E-state index is 12.9. The minimum absolute atomic E-state index is 0.128. The number of carbonyl (C=O) groups is 2. The fourth-order valence-electron chi connectivity index (χ4n) is 3.34. The molecule has 0 unspecified atom stereocenters. The lowest BCUT2D eigenvalue weighted by molar-refractivity contribution is 0.0242. The van der Waals surface area contributed by atoms with Crippen LogP contribution in [-0.4, -0.2) is 41.6 Å². The fraction of sp³-hybridized carbons (Fsp3) is 0.455. The van der Waals surface area contributed by atoms with Gasteiger partial charge in [-0.25, -0.2) is 4.79 Å². The molecule has 7 heteroatoms. The van der Waals surface area contributed by atoms with Crippen molar-refractivity contribution in [3.63, 3.8) is 0 Å². The van der Waals surface area contributed by atoms with E-state index in [0.717, 1.165) is 29.7 Å². The zero-order chi connectivity index (χ0) is 21.0. The van der Waals surface area contributed by atoms with Crippen molar-refractivity contribution >= 4 is 28.3 Å². The van der Waals surface area contributed by atoms with Gasteiger partial charge in [-0.05, 0) is 51.7 Å². The number of carbonyl (C=O) groups excluding carboxylic acids is 2. The summed E-state index contributed by atoms with van der Waals surface area (Å²) in [5, 5.41) is 3.57. The van der Waals surface area contributed by atoms with Crippen LogP contribution in [0.2, 0.25) is 0 Å². The number of benzene rings is 1. The quantitative estimate of drug-likeness (QED) is 0.772. The van der Waals surface area contributed by atoms with Gasteiger partial charge in [0.15, 0.2) is 0 Å². The minimum atomic E-state index is -0.541. The Balaban J connectivity index is 1.68. The van der Waals surface area contributed by atoms with Crippen molar-refractivity contribution in [3.05, 3.63) is 42.0 Å². The molecule has 0 aliphatic carbocycles. The van der Waals surface area contributed by atoms with Crippen molar-refractivity contribution in [3.8, 4) is 10.4 Å². The first-order chi connectivity index (χ1) is 13.7. The number of hydrogen-bond donors (Lipinski definition) is 2. The van der Waals surface area contributed by atoms with E-state index in [0.29, 0.717) is 23.7 Å². The molecule has 29 heavy (non-hydrogen) atoms. The van der Waals surface area contributed by atoms with E-state index in [-0.39, 0.29) is 18.0 Å². The third kappa shape index (κ3) is 5.73. The van der Waals surface area contributed by atoms with Gasteiger partial charge in [0.1, 0.15) is 5.60 Å². The van der Waals surface area contributed by atoms with Crippen molar-refractivity contribution in [2.24, 2.45) is 0 Å². The lowest BCUT2D eigenvalue weighted by Crippen LogP contribution is -2.46. The SMILES string of the molecule is CC(C)(C)OC(=O)N1CCCC[C@H](NC(=O)c2cc(-c3ccccc3)sc2N)C1. The second-order valence-corrected chi connectivity index (χ2v) is 9.43. The van der Waals surface area contributed by atoms with Gasteiger partial charge < -0.3 is 20.7 Å². The minimum Gasteiger partial charge on any atom is -0.444 e. The first-order valence-electron chi connectivity index (χ1n) is 9.96. The van der Waals surface area contributed by atoms with E-state index in [1.807, 2.05) is 57.2 Å². The fourth-order valence-corrected chi connectivity index (χ4v) is 4.27. The van der Waals surface area contributed by atoms with Crippen molar-refractivity contribution < 1.29 is 14.3 Å². The van der Waals surface area contributed by atoms with Gasteiger partial charge >= 0.3 is 6.09 Å². The summed E-state index contributed by atoms with van der Waals surface area (Å²) in [6, 6.07) is 11.6. The molecule has 6 nitrogen and oxygen atoms in total. The van der Waals surface area contributed by atoms with E-state index in [2.05, 4.69) is 5.32 Å². The van der Waals surface area contributed by atoms with Crippen molar-refractivity contribution in [2.45, 2.75) is 51.7 Å². The Morgan fingerprint density at radius 2 is 1.93 bits per heavy atom. The van der Waals surface area contributed by atoms with Gasteiger partial charge in [0.05, 0.1) is 10.6 Å². The van der Waals surface area contributed by atoms with Crippen LogP contribution in [0.25, 0.3) is 10.4 Å². The topological polar surface area (TPSA) is 84.7 Å². The van der Waals surface area contributed by atoms with Crippen LogP contribution in [0, 0.1) is 0 Å². The molecule has 2 heterocycles. The van der Waals surface area contributed by atoms with E-state index in [4.69, 9.17) is 10.5 Å². The number of nitrogens with one attached hydrogen (secondary N) is 1. The lowest BCUT2D eigenvalue weighted by atomic mass is 10.1. The zero-order valence-corrected chi connectivity index (χ0v) is 18.1. The Morgan fingerprint density at radius 3 is 2.62 bits per heavy atom. The summed E-state index contributed by atoms with van der Waals surface area (Å²) >= 11 is 1.41. The maximum Gasteiger partial charge on any atom is 0.410 e. The largest absolute Gasteiger partial charge is 0.444 e. The molecule has 3 rings (SSSR count). The van der Waals surface area contributed by atoms with Crippen LogP contribution >= 0.6 is 11.3 Å². The highest BCUT2D eigenvalue weighted by Crippen LogP contribution is 2.33. The maximum absolute atomic E-state index is 12.9. The molecule has 2 amide bonds. The standard InChI is InChI=1S/C22H29N3O3S/c1-22(2,3)28-21(27)25-12-8-7-11-16(14-25)24-20(26)17-13-18(29-19(17)23)15-9-5-4-6-10-15/h4-6,9-10,13,16H,7-8,11-12,14,23H2,1-3H3,(H,24,26)/t16-/m0/s1. The van der Waals surface area contributed by atoms with Crippen LogP contribution in [-0.2, 0) is 4.74 Å². The molecular formula is C22H29N3O3S. The van der Waals surface area contributed by atoms with Gasteiger partial charge in [0, 0.05) is 24.0 Å². The number of anilines is 1. The van der Waals surface area contributed by atoms with Gasteiger partial charge in [0.2, 0.25) is 0 Å². The average molecular weight is 416 g/mol. The molecule has 1 aromatic carbocycles. The molecule has 2 aromatic rings. The van der Waals surface area contributed by atoms with Gasteiger partial charge in [-0.2, -0.15) is 0 Å². The molecule has 0 bridgehead atoms. The molecular weight excluding hydrogens is 386 g/mol. The predicted molar refractivity (Wildman–Crippen MR) is 117 cm³/mol. The molecule has 156 valence electrons. The number of amides is 2. The smallest absolute Gasteiger partial charge is 0.410 e. The molecule has 0 radical (unpaired) electrons. The highest BCUT2D eigenvalue weighted by molar-refractivity contribution is 7.19. The summed E-state index contributed by atoms with van der Waals surface area (Å²) in [6.07, 6.45) is 2.32. The Kier molecular flexibility index (Phi) is 6.47. The van der Waals surface area contributed by atoms with Crippen LogP contribution in [0.4, 0.5) is 9.80 Å². The van der Waals surface area contributed by atoms with Gasteiger partial charge in [-0.3, -0.25) is 4.79 Å². The molecule has 1 saturated heterocycles. The first kappa shape index (κ1) is 21.2. The predicted octanol–water partition coefficient (Wildman–Crippen LogP) is 4.52. The summed E-state index contributed by atoms with van der Waals surface area (Å²) < 4.78 is 5.50. The van der Waals surface area contributed by atoms with Crippen molar-refractivity contribution in [1.29, 1.82) is 0 Å². The molecule has 3 N–H and O–H groups in total. The second kappa shape index (κ2) is 8.86. The third-order valence-corrected chi connectivity index (χ3v) is 5.74. The van der Waals surface area contributed by atoms with E-state index in [9.17, 15) is 9.59 Å². The van der Waals surface area contributed by atoms with Crippen LogP contribution in [0.5, 0.6) is 0 Å². The average Bonchev–Trinajstić information content (AvgIpc) is 2.89. The number of rotatable bonds is 3. The van der Waals surface area contributed by atoms with E-state index in [1.54, 1.807) is 4.90 Å². The zero-order valence-electron chi connectivity index (χ0n) is 17.2. The highest BCUT2D eigenvalue weighted by atomic mass is 32.1. The molecule has 1 aromatic heterocycles. The number of nitrogen functional groups attached to an aromatic ring is 1. The molecule has 0 saturated carbocycles. The molecule has 1 atom stereocenters. The molecule has 1 aliphatic heterocycles. The normalized spacial score (nSPS) is 17.5. The Bertz CT molecular complexity index is 858. The van der Waals surface area contributed by atoms with E-state index < -0.39 is 5.60 Å². The Morgan fingerprint density at radius 1 is 1.21 bits per heavy atom. The van der Waals surface area contributed by atoms with Crippen LogP contribution < -0.4 is 11.1 Å². The number of nitrogens with zero attached hydrogens (tertiary/aromatic N) is 1. The summed E-state index contributed by atoms with van der Waals surface area (Å²) in [6.45, 7) is 6.64. The van der Waals surface area contributed by atoms with E-state index in [1.165, 1.54) is 11.3 Å². The van der Waals surface area contributed by atoms with Crippen LogP contribution in [0.15, 0.2) is 36.4 Å². The van der Waals surface area contributed by atoms with Crippen LogP contribution in [0.1, 0.15) is 50.4 Å². The van der Waals surface area contributed by atoms with Gasteiger partial charge in [-0.1, -0.05) is 30.3 Å². The lowest BCUT2D eigenvalue weighted by Gasteiger charge is -2.28. The second-order valence-electron chi connectivity index (χ2n) is 8.35. The molecule has 1 aliphatic rings. The number of ether oxygens (including phenoxy) is 1. The highest BCUT2D eigenvalue weighted by Gasteiger charge is 2.28.